The van der Waals surface area contributed by atoms with Gasteiger partial charge in [0.05, 0.1) is 11.1 Å². The van der Waals surface area contributed by atoms with Crippen LogP contribution in [0, 0.1) is 10.1 Å². The molecular weight excluding hydrogens is 316 g/mol. The first-order valence-corrected chi connectivity index (χ1v) is 6.64. The molecule has 0 saturated carbocycles. The number of benzene rings is 2. The molecule has 0 aliphatic rings. The second-order valence-electron chi connectivity index (χ2n) is 4.52. The fourth-order valence-electron chi connectivity index (χ4n) is 1.68. The molecular formula is C15H12N4O5. The van der Waals surface area contributed by atoms with Crippen LogP contribution in [-0.4, -0.2) is 28.1 Å². The van der Waals surface area contributed by atoms with Gasteiger partial charge in [-0.2, -0.15) is 5.10 Å². The number of nitrogens with zero attached hydrogens (tertiary/aromatic N) is 2. The van der Waals surface area contributed by atoms with E-state index in [1.165, 1.54) is 0 Å². The van der Waals surface area contributed by atoms with Crippen LogP contribution < -0.4 is 10.7 Å². The maximum atomic E-state index is 11.6. The summed E-state index contributed by atoms with van der Waals surface area (Å²) in [7, 11) is 0. The molecule has 0 atom stereocenters. The van der Waals surface area contributed by atoms with Crippen molar-refractivity contribution in [3.05, 3.63) is 64.2 Å². The number of nitrogens with one attached hydrogen (secondary N) is 2. The summed E-state index contributed by atoms with van der Waals surface area (Å²) in [6, 6.07) is 11.7. The SMILES string of the molecule is O=C(NN=Cc1cc([N+](=O)[O-])ccc1O)C(=O)Nc1ccccc1. The molecule has 0 aliphatic carbocycles. The van der Waals surface area contributed by atoms with Crippen molar-refractivity contribution in [2.24, 2.45) is 5.10 Å². The van der Waals surface area contributed by atoms with Gasteiger partial charge < -0.3 is 10.4 Å². The first kappa shape index (κ1) is 16.6. The second kappa shape index (κ2) is 7.49. The summed E-state index contributed by atoms with van der Waals surface area (Å²) in [6.07, 6.45) is 0.996. The highest BCUT2D eigenvalue weighted by Crippen LogP contribution is 2.21. The predicted octanol–water partition coefficient (Wildman–Crippen LogP) is 1.39. The first-order chi connectivity index (χ1) is 11.5. The van der Waals surface area contributed by atoms with E-state index in [1.807, 2.05) is 5.43 Å². The maximum Gasteiger partial charge on any atom is 0.329 e. The first-order valence-electron chi connectivity index (χ1n) is 6.64. The van der Waals surface area contributed by atoms with E-state index in [1.54, 1.807) is 30.3 Å². The van der Waals surface area contributed by atoms with Crippen LogP contribution in [0.4, 0.5) is 11.4 Å². The lowest BCUT2D eigenvalue weighted by atomic mass is 10.2. The Morgan fingerprint density at radius 1 is 1.12 bits per heavy atom. The van der Waals surface area contributed by atoms with Gasteiger partial charge in [0, 0.05) is 23.4 Å². The minimum absolute atomic E-state index is 0.0213. The number of carbonyl (C=O) groups is 2. The Morgan fingerprint density at radius 3 is 2.50 bits per heavy atom. The second-order valence-corrected chi connectivity index (χ2v) is 4.52. The van der Waals surface area contributed by atoms with E-state index in [2.05, 4.69) is 10.4 Å². The standard InChI is InChI=1S/C15H12N4O5/c20-13-7-6-12(19(23)24)8-10(13)9-16-18-15(22)14(21)17-11-4-2-1-3-5-11/h1-9,20H,(H,17,21)(H,18,22). The third-order valence-electron chi connectivity index (χ3n) is 2.83. The van der Waals surface area contributed by atoms with Gasteiger partial charge in [-0.15, -0.1) is 0 Å². The van der Waals surface area contributed by atoms with E-state index in [9.17, 15) is 24.8 Å². The molecule has 24 heavy (non-hydrogen) atoms. The number of non-ortho nitro benzene ring substituents is 1. The fraction of sp³-hybridized carbons (Fsp3) is 0. The van der Waals surface area contributed by atoms with Crippen molar-refractivity contribution in [1.29, 1.82) is 0 Å². The predicted molar refractivity (Wildman–Crippen MR) is 85.6 cm³/mol. The number of anilines is 1. The zero-order valence-electron chi connectivity index (χ0n) is 12.2. The molecule has 0 spiro atoms. The van der Waals surface area contributed by atoms with Crippen molar-refractivity contribution in [2.45, 2.75) is 0 Å². The molecule has 0 bridgehead atoms. The maximum absolute atomic E-state index is 11.6. The molecule has 9 heteroatoms. The van der Waals surface area contributed by atoms with Crippen LogP contribution in [0.2, 0.25) is 0 Å². The summed E-state index contributed by atoms with van der Waals surface area (Å²) in [4.78, 5) is 33.2. The van der Waals surface area contributed by atoms with Crippen LogP contribution in [0.25, 0.3) is 0 Å². The Morgan fingerprint density at radius 2 is 1.83 bits per heavy atom. The normalized spacial score (nSPS) is 10.3. The van der Waals surface area contributed by atoms with Crippen molar-refractivity contribution in [3.8, 4) is 5.75 Å². The number of aromatic hydroxyl groups is 1. The van der Waals surface area contributed by atoms with Crippen molar-refractivity contribution in [2.75, 3.05) is 5.32 Å². The van der Waals surface area contributed by atoms with Crippen LogP contribution in [0.15, 0.2) is 53.6 Å². The van der Waals surface area contributed by atoms with Gasteiger partial charge in [0.25, 0.3) is 5.69 Å². The highest BCUT2D eigenvalue weighted by molar-refractivity contribution is 6.39. The van der Waals surface area contributed by atoms with E-state index < -0.39 is 16.7 Å². The number of nitro groups is 1. The Labute approximate surface area is 135 Å². The third kappa shape index (κ3) is 4.37. The summed E-state index contributed by atoms with van der Waals surface area (Å²) in [5, 5.41) is 26.1. The quantitative estimate of drug-likeness (QED) is 0.337. The van der Waals surface area contributed by atoms with E-state index in [4.69, 9.17) is 0 Å². The highest BCUT2D eigenvalue weighted by atomic mass is 16.6. The molecule has 3 N–H and O–H groups in total. The minimum atomic E-state index is -1.03. The number of para-hydroxylation sites is 1. The zero-order chi connectivity index (χ0) is 17.5. The van der Waals surface area contributed by atoms with E-state index >= 15 is 0 Å². The smallest absolute Gasteiger partial charge is 0.329 e. The number of phenolic OH excluding ortho intramolecular Hbond substituents is 1. The topological polar surface area (TPSA) is 134 Å². The van der Waals surface area contributed by atoms with E-state index in [0.717, 1.165) is 24.4 Å². The van der Waals surface area contributed by atoms with Crippen molar-refractivity contribution in [3.63, 3.8) is 0 Å². The monoisotopic (exact) mass is 328 g/mol. The molecule has 0 heterocycles. The highest BCUT2D eigenvalue weighted by Gasteiger charge is 2.13. The molecule has 0 fully saturated rings. The van der Waals surface area contributed by atoms with Gasteiger partial charge in [-0.1, -0.05) is 18.2 Å². The van der Waals surface area contributed by atoms with Gasteiger partial charge in [0.15, 0.2) is 0 Å². The minimum Gasteiger partial charge on any atom is -0.507 e. The average molecular weight is 328 g/mol. The lowest BCUT2D eigenvalue weighted by Crippen LogP contribution is -2.32. The van der Waals surface area contributed by atoms with Crippen LogP contribution in [-0.2, 0) is 9.59 Å². The van der Waals surface area contributed by atoms with Crippen molar-refractivity contribution >= 4 is 29.4 Å². The molecule has 9 nitrogen and oxygen atoms in total. The molecule has 0 radical (unpaired) electrons. The van der Waals surface area contributed by atoms with Crippen molar-refractivity contribution < 1.29 is 19.6 Å². The number of carbonyl (C=O) groups excluding carboxylic acids is 2. The van der Waals surface area contributed by atoms with E-state index in [0.29, 0.717) is 5.69 Å². The van der Waals surface area contributed by atoms with Gasteiger partial charge in [0.2, 0.25) is 0 Å². The number of hydrogen-bond donors (Lipinski definition) is 3. The number of amides is 2. The lowest BCUT2D eigenvalue weighted by Gasteiger charge is -2.03. The summed E-state index contributed by atoms with van der Waals surface area (Å²) in [6.45, 7) is 0. The van der Waals surface area contributed by atoms with Crippen molar-refractivity contribution in [1.82, 2.24) is 5.43 Å². The summed E-state index contributed by atoms with van der Waals surface area (Å²) < 4.78 is 0. The Kier molecular flexibility index (Phi) is 5.19. The summed E-state index contributed by atoms with van der Waals surface area (Å²) >= 11 is 0. The molecule has 0 unspecified atom stereocenters. The number of nitro benzene ring substituents is 1. The molecule has 122 valence electrons. The van der Waals surface area contributed by atoms with Crippen LogP contribution in [0.5, 0.6) is 5.75 Å². The van der Waals surface area contributed by atoms with Gasteiger partial charge >= 0.3 is 11.8 Å². The zero-order valence-corrected chi connectivity index (χ0v) is 12.2. The van der Waals surface area contributed by atoms with E-state index in [-0.39, 0.29) is 17.0 Å². The Bertz CT molecular complexity index is 805. The fourth-order valence-corrected chi connectivity index (χ4v) is 1.68. The number of hydrazone groups is 1. The number of hydrogen-bond acceptors (Lipinski definition) is 6. The molecule has 0 saturated heterocycles. The van der Waals surface area contributed by atoms with Gasteiger partial charge in [0.1, 0.15) is 5.75 Å². The number of rotatable bonds is 4. The van der Waals surface area contributed by atoms with Crippen LogP contribution in [0.3, 0.4) is 0 Å². The van der Waals surface area contributed by atoms with Gasteiger partial charge in [-0.05, 0) is 18.2 Å². The molecule has 2 amide bonds. The molecule has 2 aromatic rings. The Balaban J connectivity index is 1.98. The molecule has 0 aliphatic heterocycles. The average Bonchev–Trinajstić information content (AvgIpc) is 2.57. The molecule has 2 aromatic carbocycles. The lowest BCUT2D eigenvalue weighted by molar-refractivity contribution is -0.384. The number of phenols is 1. The Hall–Kier alpha value is -3.75. The third-order valence-corrected chi connectivity index (χ3v) is 2.83. The summed E-state index contributed by atoms with van der Waals surface area (Å²) in [5.41, 5.74) is 2.18. The summed E-state index contributed by atoms with van der Waals surface area (Å²) in [5.74, 6) is -2.21. The molecule has 0 aromatic heterocycles. The van der Waals surface area contributed by atoms with Gasteiger partial charge in [-0.3, -0.25) is 19.7 Å². The van der Waals surface area contributed by atoms with Crippen LogP contribution in [0.1, 0.15) is 5.56 Å². The largest absolute Gasteiger partial charge is 0.507 e. The molecule has 2 rings (SSSR count). The van der Waals surface area contributed by atoms with Gasteiger partial charge in [-0.25, -0.2) is 5.43 Å². The van der Waals surface area contributed by atoms with Crippen LogP contribution >= 0.6 is 0 Å².